The SMILES string of the molecule is CN1C(=O)C(C)(C)c2cc(-c3c(OCCCc4c[nH]c5ccccc45)ccnc3N)ccc21. The van der Waals surface area contributed by atoms with Crippen LogP contribution in [0, 0.1) is 0 Å². The number of nitrogens with zero attached hydrogens (tertiary/aromatic N) is 2. The molecule has 1 aliphatic rings. The van der Waals surface area contributed by atoms with Gasteiger partial charge in [-0.05, 0) is 67.6 Å². The van der Waals surface area contributed by atoms with Gasteiger partial charge in [0.15, 0.2) is 0 Å². The van der Waals surface area contributed by atoms with Crippen molar-refractivity contribution in [3.05, 3.63) is 72.1 Å². The second-order valence-corrected chi connectivity index (χ2v) is 9.10. The molecule has 0 unspecified atom stereocenters. The van der Waals surface area contributed by atoms with Crippen LogP contribution in [0.5, 0.6) is 5.75 Å². The number of anilines is 2. The summed E-state index contributed by atoms with van der Waals surface area (Å²) in [5.41, 5.74) is 11.7. The molecule has 1 amide bonds. The summed E-state index contributed by atoms with van der Waals surface area (Å²) in [4.78, 5) is 22.0. The number of nitrogen functional groups attached to an aromatic ring is 1. The number of nitrogens with one attached hydrogen (secondary N) is 1. The van der Waals surface area contributed by atoms with E-state index in [1.807, 2.05) is 51.2 Å². The first-order valence-corrected chi connectivity index (χ1v) is 11.2. The van der Waals surface area contributed by atoms with Gasteiger partial charge in [0.2, 0.25) is 5.91 Å². The van der Waals surface area contributed by atoms with Crippen LogP contribution < -0.4 is 15.4 Å². The fourth-order valence-electron chi connectivity index (χ4n) is 4.78. The number of benzene rings is 2. The summed E-state index contributed by atoms with van der Waals surface area (Å²) in [7, 11) is 1.82. The summed E-state index contributed by atoms with van der Waals surface area (Å²) in [6, 6.07) is 16.2. The summed E-state index contributed by atoms with van der Waals surface area (Å²) < 4.78 is 6.19. The molecule has 0 aliphatic carbocycles. The van der Waals surface area contributed by atoms with Crippen LogP contribution in [0.15, 0.2) is 60.9 Å². The summed E-state index contributed by atoms with van der Waals surface area (Å²) in [6.45, 7) is 4.47. The van der Waals surface area contributed by atoms with Gasteiger partial charge >= 0.3 is 0 Å². The van der Waals surface area contributed by atoms with E-state index >= 15 is 0 Å². The largest absolute Gasteiger partial charge is 0.493 e. The number of hydrogen-bond acceptors (Lipinski definition) is 4. The molecule has 0 atom stereocenters. The number of ether oxygens (including phenoxy) is 1. The van der Waals surface area contributed by atoms with Crippen LogP contribution in [0.25, 0.3) is 22.0 Å². The third-order valence-electron chi connectivity index (χ3n) is 6.62. The molecule has 0 bridgehead atoms. The highest BCUT2D eigenvalue weighted by Gasteiger charge is 2.42. The van der Waals surface area contributed by atoms with E-state index < -0.39 is 5.41 Å². The topological polar surface area (TPSA) is 84.2 Å². The minimum atomic E-state index is -0.586. The average molecular weight is 441 g/mol. The predicted octanol–water partition coefficient (Wildman–Crippen LogP) is 5.08. The molecule has 0 fully saturated rings. The maximum atomic E-state index is 12.7. The number of amides is 1. The molecule has 6 heteroatoms. The minimum Gasteiger partial charge on any atom is -0.493 e. The molecular weight excluding hydrogens is 412 g/mol. The van der Waals surface area contributed by atoms with Gasteiger partial charge in [-0.15, -0.1) is 0 Å². The van der Waals surface area contributed by atoms with Gasteiger partial charge < -0.3 is 20.4 Å². The number of carbonyl (C=O) groups excluding carboxylic acids is 1. The Hall–Kier alpha value is -3.80. The van der Waals surface area contributed by atoms with Gasteiger partial charge in [0, 0.05) is 36.0 Å². The Morgan fingerprint density at radius 2 is 1.97 bits per heavy atom. The molecule has 3 N–H and O–H groups in total. The first-order chi connectivity index (χ1) is 15.9. The number of pyridine rings is 1. The predicted molar refractivity (Wildman–Crippen MR) is 133 cm³/mol. The second kappa shape index (κ2) is 7.96. The lowest BCUT2D eigenvalue weighted by atomic mass is 9.84. The Morgan fingerprint density at radius 3 is 2.82 bits per heavy atom. The van der Waals surface area contributed by atoms with Crippen molar-refractivity contribution in [3.8, 4) is 16.9 Å². The summed E-state index contributed by atoms with van der Waals surface area (Å²) in [6.07, 6.45) is 5.54. The van der Waals surface area contributed by atoms with E-state index in [9.17, 15) is 4.79 Å². The third kappa shape index (κ3) is 3.52. The number of H-pyrrole nitrogens is 1. The molecule has 2 aromatic heterocycles. The molecule has 3 heterocycles. The fourth-order valence-corrected chi connectivity index (χ4v) is 4.78. The van der Waals surface area contributed by atoms with Gasteiger partial charge in [-0.3, -0.25) is 4.79 Å². The van der Waals surface area contributed by atoms with Crippen LogP contribution >= 0.6 is 0 Å². The highest BCUT2D eigenvalue weighted by Crippen LogP contribution is 2.44. The molecule has 2 aromatic carbocycles. The normalized spacial score (nSPS) is 14.6. The van der Waals surface area contributed by atoms with E-state index in [4.69, 9.17) is 10.5 Å². The number of aryl methyl sites for hydroxylation is 1. The number of aromatic nitrogens is 2. The molecule has 0 saturated carbocycles. The Labute approximate surface area is 193 Å². The van der Waals surface area contributed by atoms with Crippen molar-refractivity contribution in [3.63, 3.8) is 0 Å². The number of carbonyl (C=O) groups is 1. The zero-order chi connectivity index (χ0) is 23.2. The molecule has 4 aromatic rings. The Kier molecular flexibility index (Phi) is 5.08. The third-order valence-corrected chi connectivity index (χ3v) is 6.62. The monoisotopic (exact) mass is 440 g/mol. The lowest BCUT2D eigenvalue weighted by Crippen LogP contribution is -2.33. The maximum absolute atomic E-state index is 12.7. The van der Waals surface area contributed by atoms with Crippen LogP contribution in [-0.2, 0) is 16.6 Å². The fraction of sp³-hybridized carbons (Fsp3) is 0.259. The Balaban J connectivity index is 1.37. The van der Waals surface area contributed by atoms with Gasteiger partial charge in [0.05, 0.1) is 17.6 Å². The van der Waals surface area contributed by atoms with Crippen molar-refractivity contribution in [2.24, 2.45) is 0 Å². The zero-order valence-corrected chi connectivity index (χ0v) is 19.2. The highest BCUT2D eigenvalue weighted by molar-refractivity contribution is 6.07. The van der Waals surface area contributed by atoms with Crippen molar-refractivity contribution in [2.75, 3.05) is 24.3 Å². The van der Waals surface area contributed by atoms with Gasteiger partial charge in [-0.1, -0.05) is 24.3 Å². The quantitative estimate of drug-likeness (QED) is 0.410. The van der Waals surface area contributed by atoms with Crippen LogP contribution in [0.3, 0.4) is 0 Å². The number of likely N-dealkylation sites (N-methyl/N-ethyl adjacent to an activating group) is 1. The van der Waals surface area contributed by atoms with Crippen LogP contribution in [0.1, 0.15) is 31.4 Å². The number of hydrogen-bond donors (Lipinski definition) is 2. The molecule has 0 spiro atoms. The van der Waals surface area contributed by atoms with Crippen LogP contribution in [0.4, 0.5) is 11.5 Å². The van der Waals surface area contributed by atoms with Crippen molar-refractivity contribution >= 4 is 28.3 Å². The second-order valence-electron chi connectivity index (χ2n) is 9.10. The molecule has 168 valence electrons. The van der Waals surface area contributed by atoms with Crippen molar-refractivity contribution in [1.29, 1.82) is 0 Å². The number of rotatable bonds is 6. The molecule has 0 radical (unpaired) electrons. The van der Waals surface area contributed by atoms with Gasteiger partial charge in [0.1, 0.15) is 11.6 Å². The molecule has 33 heavy (non-hydrogen) atoms. The van der Waals surface area contributed by atoms with E-state index in [0.29, 0.717) is 18.2 Å². The average Bonchev–Trinajstić information content (AvgIpc) is 3.30. The smallest absolute Gasteiger partial charge is 0.236 e. The Morgan fingerprint density at radius 1 is 1.15 bits per heavy atom. The van der Waals surface area contributed by atoms with E-state index in [-0.39, 0.29) is 5.91 Å². The first kappa shape index (κ1) is 21.1. The lowest BCUT2D eigenvalue weighted by Gasteiger charge is -2.18. The first-order valence-electron chi connectivity index (χ1n) is 11.2. The molecule has 0 saturated heterocycles. The summed E-state index contributed by atoms with van der Waals surface area (Å²) in [5.74, 6) is 1.21. The van der Waals surface area contributed by atoms with Crippen LogP contribution in [0.2, 0.25) is 0 Å². The van der Waals surface area contributed by atoms with Crippen molar-refractivity contribution in [2.45, 2.75) is 32.1 Å². The van der Waals surface area contributed by atoms with Gasteiger partial charge in [0.25, 0.3) is 0 Å². The van der Waals surface area contributed by atoms with E-state index in [1.165, 1.54) is 10.9 Å². The van der Waals surface area contributed by atoms with E-state index in [0.717, 1.165) is 40.7 Å². The number of nitrogens with two attached hydrogens (primary N) is 1. The standard InChI is InChI=1S/C27H28N4O2/c1-27(2)20-15-17(10-11-22(20)31(3)26(27)32)24-23(12-13-29-25(24)28)33-14-6-7-18-16-30-21-9-5-4-8-19(18)21/h4-5,8-13,15-16,30H,6-7,14H2,1-3H3,(H2,28,29). The molecule has 1 aliphatic heterocycles. The van der Waals surface area contributed by atoms with E-state index in [2.05, 4.69) is 34.4 Å². The number of para-hydroxylation sites is 1. The highest BCUT2D eigenvalue weighted by atomic mass is 16.5. The van der Waals surface area contributed by atoms with E-state index in [1.54, 1.807) is 11.1 Å². The molecular formula is C27H28N4O2. The molecule has 6 nitrogen and oxygen atoms in total. The van der Waals surface area contributed by atoms with Gasteiger partial charge in [-0.2, -0.15) is 0 Å². The minimum absolute atomic E-state index is 0.0857. The zero-order valence-electron chi connectivity index (χ0n) is 19.2. The van der Waals surface area contributed by atoms with Gasteiger partial charge in [-0.25, -0.2) is 4.98 Å². The number of fused-ring (bicyclic) bond motifs is 2. The van der Waals surface area contributed by atoms with Crippen LogP contribution in [-0.4, -0.2) is 29.5 Å². The molecule has 5 rings (SSSR count). The summed E-state index contributed by atoms with van der Waals surface area (Å²) in [5, 5.41) is 1.26. The number of aromatic amines is 1. The lowest BCUT2D eigenvalue weighted by molar-refractivity contribution is -0.121. The van der Waals surface area contributed by atoms with Crippen molar-refractivity contribution in [1.82, 2.24) is 9.97 Å². The van der Waals surface area contributed by atoms with Crippen molar-refractivity contribution < 1.29 is 9.53 Å². The maximum Gasteiger partial charge on any atom is 0.236 e. The summed E-state index contributed by atoms with van der Waals surface area (Å²) >= 11 is 0. The Bertz CT molecular complexity index is 1360.